The van der Waals surface area contributed by atoms with Crippen LogP contribution in [0.25, 0.3) is 0 Å². The van der Waals surface area contributed by atoms with Gasteiger partial charge in [-0.3, -0.25) is 0 Å². The van der Waals surface area contributed by atoms with Gasteiger partial charge in [-0.2, -0.15) is 0 Å². The smallest absolute Gasteiger partial charge is 0.374 e. The van der Waals surface area contributed by atoms with E-state index in [0.717, 1.165) is 30.3 Å². The number of benzene rings is 2. The molecule has 0 aliphatic carbocycles. The maximum absolute atomic E-state index is 13.3. The Balaban J connectivity index is 2.31. The molecule has 1 aromatic heterocycles. The van der Waals surface area contributed by atoms with Crippen LogP contribution in [0.2, 0.25) is 0 Å². The molecular weight excluding hydrogens is 393 g/mol. The second-order valence-corrected chi connectivity index (χ2v) is 7.28. The maximum Gasteiger partial charge on any atom is 0.374 e. The number of carboxylic acids is 2. The Bertz CT molecular complexity index is 1140. The van der Waals surface area contributed by atoms with Gasteiger partial charge in [0.05, 0.1) is 10.6 Å². The number of nitrogens with zero attached hydrogens (tertiary/aromatic N) is 1. The fraction of sp³-hybridized carbons (Fsp3) is 0. The van der Waals surface area contributed by atoms with Crippen molar-refractivity contribution in [2.24, 2.45) is 0 Å². The Morgan fingerprint density at radius 2 is 1.54 bits per heavy atom. The summed E-state index contributed by atoms with van der Waals surface area (Å²) in [5.41, 5.74) is -0.633. The summed E-state index contributed by atoms with van der Waals surface area (Å²) in [6, 6.07) is 12.1. The first-order valence-electron chi connectivity index (χ1n) is 7.68. The molecule has 1 heterocycles. The summed E-state index contributed by atoms with van der Waals surface area (Å²) >= 11 is 0. The van der Waals surface area contributed by atoms with Crippen molar-refractivity contribution in [2.75, 3.05) is 4.31 Å². The summed E-state index contributed by atoms with van der Waals surface area (Å²) in [6.45, 7) is 0. The molecule has 0 aliphatic heterocycles. The van der Waals surface area contributed by atoms with Gasteiger partial charge in [0.15, 0.2) is 0 Å². The summed E-state index contributed by atoms with van der Waals surface area (Å²) in [6.07, 6.45) is 0. The van der Waals surface area contributed by atoms with Gasteiger partial charge in [-0.05, 0) is 36.4 Å². The zero-order valence-electron chi connectivity index (χ0n) is 13.9. The van der Waals surface area contributed by atoms with E-state index in [1.165, 1.54) is 24.3 Å². The van der Waals surface area contributed by atoms with E-state index in [1.54, 1.807) is 6.07 Å². The average molecular weight is 405 g/mol. The molecule has 144 valence electrons. The minimum atomic E-state index is -4.39. The van der Waals surface area contributed by atoms with Crippen molar-refractivity contribution in [3.05, 3.63) is 78.0 Å². The third-order valence-corrected chi connectivity index (χ3v) is 5.43. The van der Waals surface area contributed by atoms with E-state index < -0.39 is 45.0 Å². The minimum Gasteiger partial charge on any atom is -0.475 e. The monoisotopic (exact) mass is 405 g/mol. The van der Waals surface area contributed by atoms with Crippen molar-refractivity contribution >= 4 is 33.3 Å². The number of hydrogen-bond acceptors (Lipinski definition) is 5. The van der Waals surface area contributed by atoms with Gasteiger partial charge in [0.2, 0.25) is 11.5 Å². The molecule has 0 fully saturated rings. The van der Waals surface area contributed by atoms with Crippen molar-refractivity contribution in [1.82, 2.24) is 0 Å². The number of furan rings is 1. The van der Waals surface area contributed by atoms with Crippen LogP contribution in [0.3, 0.4) is 0 Å². The minimum absolute atomic E-state index is 0.106. The molecule has 3 rings (SSSR count). The topological polar surface area (TPSA) is 125 Å². The van der Waals surface area contributed by atoms with Crippen LogP contribution >= 0.6 is 0 Å². The molecular formula is C18H12FNO7S. The van der Waals surface area contributed by atoms with Gasteiger partial charge in [-0.1, -0.05) is 18.2 Å². The number of anilines is 2. The van der Waals surface area contributed by atoms with Crippen LogP contribution in [0.4, 0.5) is 15.8 Å². The lowest BCUT2D eigenvalue weighted by molar-refractivity contribution is 0.0632. The first kappa shape index (κ1) is 19.1. The lowest BCUT2D eigenvalue weighted by Gasteiger charge is -2.23. The third kappa shape index (κ3) is 3.45. The second kappa shape index (κ2) is 7.16. The zero-order valence-corrected chi connectivity index (χ0v) is 14.8. The highest BCUT2D eigenvalue weighted by atomic mass is 32.2. The molecule has 3 aromatic rings. The maximum atomic E-state index is 13.3. The molecule has 28 heavy (non-hydrogen) atoms. The van der Waals surface area contributed by atoms with E-state index in [-0.39, 0.29) is 10.6 Å². The number of sulfonamides is 1. The van der Waals surface area contributed by atoms with E-state index in [1.807, 2.05) is 0 Å². The van der Waals surface area contributed by atoms with Gasteiger partial charge in [-0.25, -0.2) is 26.7 Å². The lowest BCUT2D eigenvalue weighted by atomic mass is 10.2. The van der Waals surface area contributed by atoms with E-state index in [4.69, 9.17) is 9.52 Å². The molecule has 0 atom stereocenters. The first-order chi connectivity index (χ1) is 13.2. The van der Waals surface area contributed by atoms with Gasteiger partial charge >= 0.3 is 11.9 Å². The van der Waals surface area contributed by atoms with Crippen LogP contribution < -0.4 is 4.31 Å². The fourth-order valence-corrected chi connectivity index (χ4v) is 3.98. The molecule has 2 aromatic carbocycles. The van der Waals surface area contributed by atoms with Crippen molar-refractivity contribution < 1.29 is 37.0 Å². The molecule has 0 amide bonds. The molecule has 8 nitrogen and oxygen atoms in total. The van der Waals surface area contributed by atoms with Crippen LogP contribution in [-0.4, -0.2) is 30.6 Å². The Labute approximate surface area is 158 Å². The zero-order chi connectivity index (χ0) is 20.5. The van der Waals surface area contributed by atoms with Crippen LogP contribution in [0.5, 0.6) is 0 Å². The molecule has 0 aliphatic rings. The highest BCUT2D eigenvalue weighted by molar-refractivity contribution is 7.93. The van der Waals surface area contributed by atoms with Crippen LogP contribution in [0.15, 0.2) is 70.0 Å². The molecule has 2 N–H and O–H groups in total. The summed E-state index contributed by atoms with van der Waals surface area (Å²) in [5.74, 6) is -5.54. The molecule has 0 saturated heterocycles. The highest BCUT2D eigenvalue weighted by Gasteiger charge is 2.34. The fourth-order valence-electron chi connectivity index (χ4n) is 2.47. The average Bonchev–Trinajstić information content (AvgIpc) is 3.09. The van der Waals surface area contributed by atoms with Gasteiger partial charge < -0.3 is 14.6 Å². The molecule has 0 bridgehead atoms. The molecule has 0 saturated carbocycles. The molecule has 0 unspecified atom stereocenters. The highest BCUT2D eigenvalue weighted by Crippen LogP contribution is 2.36. The van der Waals surface area contributed by atoms with E-state index in [9.17, 15) is 27.5 Å². The van der Waals surface area contributed by atoms with E-state index >= 15 is 0 Å². The number of halogens is 1. The lowest BCUT2D eigenvalue weighted by Crippen LogP contribution is -2.27. The first-order valence-corrected chi connectivity index (χ1v) is 9.12. The van der Waals surface area contributed by atoms with Gasteiger partial charge in [0.25, 0.3) is 10.0 Å². The summed E-state index contributed by atoms with van der Waals surface area (Å²) in [5, 5.41) is 18.5. The third-order valence-electron chi connectivity index (χ3n) is 3.68. The number of aromatic carboxylic acids is 2. The number of hydrogen-bond donors (Lipinski definition) is 2. The van der Waals surface area contributed by atoms with Gasteiger partial charge in [-0.15, -0.1) is 0 Å². The summed E-state index contributed by atoms with van der Waals surface area (Å²) in [4.78, 5) is 22.6. The Kier molecular flexibility index (Phi) is 4.89. The van der Waals surface area contributed by atoms with Crippen molar-refractivity contribution in [1.29, 1.82) is 0 Å². The van der Waals surface area contributed by atoms with Crippen LogP contribution in [0.1, 0.15) is 21.1 Å². The van der Waals surface area contributed by atoms with Crippen LogP contribution in [-0.2, 0) is 10.0 Å². The van der Waals surface area contributed by atoms with Crippen molar-refractivity contribution in [2.45, 2.75) is 4.90 Å². The van der Waals surface area contributed by atoms with Crippen molar-refractivity contribution in [3.8, 4) is 0 Å². The summed E-state index contributed by atoms with van der Waals surface area (Å²) < 4.78 is 45.2. The Morgan fingerprint density at radius 3 is 2.07 bits per heavy atom. The largest absolute Gasteiger partial charge is 0.475 e. The standard InChI is InChI=1S/C18H12FNO7S/c19-11-6-8-12(9-7-11)20(28(25,26)13-4-2-1-3-5-13)14-10-15(17(21)22)27-16(14)18(23)24/h1-10H,(H,21,22)(H,23,24). The molecule has 10 heteroatoms. The number of carboxylic acid groups (broad SMARTS) is 2. The van der Waals surface area contributed by atoms with Crippen molar-refractivity contribution in [3.63, 3.8) is 0 Å². The quantitative estimate of drug-likeness (QED) is 0.644. The normalized spacial score (nSPS) is 11.2. The number of carbonyl (C=O) groups is 2. The predicted octanol–water partition coefficient (Wildman–Crippen LogP) is 3.34. The van der Waals surface area contributed by atoms with E-state index in [0.29, 0.717) is 4.31 Å². The predicted molar refractivity (Wildman–Crippen MR) is 94.8 cm³/mol. The number of rotatable bonds is 6. The van der Waals surface area contributed by atoms with Gasteiger partial charge in [0.1, 0.15) is 11.5 Å². The molecule has 0 radical (unpaired) electrons. The van der Waals surface area contributed by atoms with Crippen LogP contribution in [0, 0.1) is 5.82 Å². The SMILES string of the molecule is O=C(O)c1cc(N(c2ccc(F)cc2)S(=O)(=O)c2ccccc2)c(C(=O)O)o1. The van der Waals surface area contributed by atoms with Gasteiger partial charge in [0, 0.05) is 6.07 Å². The second-order valence-electron chi connectivity index (χ2n) is 5.49. The molecule has 0 spiro atoms. The Hall–Kier alpha value is -3.66. The summed E-state index contributed by atoms with van der Waals surface area (Å²) in [7, 11) is -4.39. The van der Waals surface area contributed by atoms with E-state index in [2.05, 4.69) is 0 Å². The Morgan fingerprint density at radius 1 is 0.929 bits per heavy atom.